The van der Waals surface area contributed by atoms with Gasteiger partial charge in [0.05, 0.1) is 10.0 Å². The van der Waals surface area contributed by atoms with Gasteiger partial charge >= 0.3 is 0 Å². The predicted octanol–water partition coefficient (Wildman–Crippen LogP) is 3.33. The zero-order valence-electron chi connectivity index (χ0n) is 12.1. The third kappa shape index (κ3) is 2.99. The van der Waals surface area contributed by atoms with Crippen LogP contribution in [0.15, 0.2) is 22.7 Å². The molecule has 1 amide bonds. The van der Waals surface area contributed by atoms with Gasteiger partial charge in [-0.15, -0.1) is 0 Å². The van der Waals surface area contributed by atoms with E-state index in [4.69, 9.17) is 0 Å². The van der Waals surface area contributed by atoms with E-state index in [2.05, 4.69) is 33.2 Å². The van der Waals surface area contributed by atoms with Gasteiger partial charge < -0.3 is 10.2 Å². The number of nitrogens with zero attached hydrogens (tertiary/aromatic N) is 1. The van der Waals surface area contributed by atoms with Crippen molar-refractivity contribution in [1.82, 2.24) is 10.2 Å². The Bertz CT molecular complexity index is 537. The fraction of sp³-hybridized carbons (Fsp3) is 0.562. The third-order valence-electron chi connectivity index (χ3n) is 4.87. The van der Waals surface area contributed by atoms with Crippen molar-refractivity contribution in [3.63, 3.8) is 0 Å². The Kier molecular flexibility index (Phi) is 4.31. The quantitative estimate of drug-likeness (QED) is 0.883. The van der Waals surface area contributed by atoms with Gasteiger partial charge in [0.2, 0.25) is 0 Å². The summed E-state index contributed by atoms with van der Waals surface area (Å²) in [5.74, 6) is -0.787. The molecule has 2 aliphatic heterocycles. The van der Waals surface area contributed by atoms with Gasteiger partial charge in [-0.05, 0) is 60.8 Å². The monoisotopic (exact) mass is 354 g/mol. The van der Waals surface area contributed by atoms with Crippen LogP contribution in [0.3, 0.4) is 0 Å². The van der Waals surface area contributed by atoms with Crippen LogP contribution in [-0.2, 0) is 0 Å². The van der Waals surface area contributed by atoms with Gasteiger partial charge in [-0.3, -0.25) is 4.79 Å². The molecule has 3 nitrogen and oxygen atoms in total. The summed E-state index contributed by atoms with van der Waals surface area (Å²) in [5, 5.41) is 3.03. The minimum atomic E-state index is -0.483. The van der Waals surface area contributed by atoms with Gasteiger partial charge in [0.1, 0.15) is 5.82 Å². The Morgan fingerprint density at radius 2 is 2.00 bits per heavy atom. The Hall–Kier alpha value is -0.940. The van der Waals surface area contributed by atoms with Crippen LogP contribution in [0.1, 0.15) is 42.5 Å². The maximum absolute atomic E-state index is 14.0. The Labute approximate surface area is 133 Å². The second-order valence-corrected chi connectivity index (χ2v) is 7.00. The van der Waals surface area contributed by atoms with Gasteiger partial charge in [0.25, 0.3) is 5.91 Å². The summed E-state index contributed by atoms with van der Waals surface area (Å²) in [7, 11) is 2.18. The number of carbonyl (C=O) groups excluding carboxylic acids is 1. The van der Waals surface area contributed by atoms with Gasteiger partial charge in [-0.1, -0.05) is 12.5 Å². The fourth-order valence-corrected chi connectivity index (χ4v) is 4.04. The first-order chi connectivity index (χ1) is 10.1. The van der Waals surface area contributed by atoms with Crippen LogP contribution in [0.25, 0.3) is 0 Å². The number of fused-ring (bicyclic) bond motifs is 2. The summed E-state index contributed by atoms with van der Waals surface area (Å²) in [6, 6.07) is 6.08. The number of piperidine rings is 2. The van der Waals surface area contributed by atoms with Crippen LogP contribution in [0.4, 0.5) is 4.39 Å². The zero-order valence-corrected chi connectivity index (χ0v) is 13.7. The average Bonchev–Trinajstić information content (AvgIpc) is 2.43. The molecule has 2 heterocycles. The maximum Gasteiger partial charge on any atom is 0.254 e. The number of carbonyl (C=O) groups is 1. The van der Waals surface area contributed by atoms with E-state index in [-0.39, 0.29) is 17.5 Å². The van der Waals surface area contributed by atoms with Crippen LogP contribution in [0.5, 0.6) is 0 Å². The summed E-state index contributed by atoms with van der Waals surface area (Å²) in [4.78, 5) is 14.8. The second kappa shape index (κ2) is 6.05. The van der Waals surface area contributed by atoms with Crippen molar-refractivity contribution in [2.45, 2.75) is 50.2 Å². The largest absolute Gasteiger partial charge is 0.349 e. The molecule has 2 saturated heterocycles. The third-order valence-corrected chi connectivity index (χ3v) is 5.48. The molecular formula is C16H20BrFN2O. The summed E-state index contributed by atoms with van der Waals surface area (Å²) in [5.41, 5.74) is 0.119. The lowest BCUT2D eigenvalue weighted by Crippen LogP contribution is -2.55. The molecule has 2 fully saturated rings. The first-order valence-electron chi connectivity index (χ1n) is 7.53. The minimum Gasteiger partial charge on any atom is -0.349 e. The molecule has 1 aromatic carbocycles. The molecule has 0 spiro atoms. The van der Waals surface area contributed by atoms with E-state index >= 15 is 0 Å². The second-order valence-electron chi connectivity index (χ2n) is 6.15. The Balaban J connectivity index is 1.69. The van der Waals surface area contributed by atoms with Gasteiger partial charge in [0, 0.05) is 18.1 Å². The maximum atomic E-state index is 14.0. The topological polar surface area (TPSA) is 32.3 Å². The number of hydrogen-bond donors (Lipinski definition) is 1. The number of halogens is 2. The number of rotatable bonds is 2. The van der Waals surface area contributed by atoms with E-state index in [1.807, 2.05) is 0 Å². The number of nitrogens with one attached hydrogen (secondary N) is 1. The standard InChI is InChI=1S/C16H20BrFN2O/c1-20-11-4-2-5-12(20)9-10(8-11)19-16(21)13-6-3-7-14(17)15(13)18/h3,6-7,10-12H,2,4-5,8-9H2,1H3,(H,19,21). The van der Waals surface area contributed by atoms with Crippen LogP contribution in [-0.4, -0.2) is 36.0 Å². The Morgan fingerprint density at radius 1 is 1.33 bits per heavy atom. The molecule has 1 N–H and O–H groups in total. The van der Waals surface area contributed by atoms with Crippen molar-refractivity contribution in [1.29, 1.82) is 0 Å². The van der Waals surface area contributed by atoms with Crippen molar-refractivity contribution in [3.05, 3.63) is 34.1 Å². The average molecular weight is 355 g/mol. The zero-order chi connectivity index (χ0) is 15.0. The van der Waals surface area contributed by atoms with Crippen LogP contribution in [0, 0.1) is 5.82 Å². The molecule has 0 aromatic heterocycles. The van der Waals surface area contributed by atoms with Crippen molar-refractivity contribution in [3.8, 4) is 0 Å². The molecule has 2 bridgehead atoms. The highest BCUT2D eigenvalue weighted by Crippen LogP contribution is 2.32. The Morgan fingerprint density at radius 3 is 2.67 bits per heavy atom. The van der Waals surface area contributed by atoms with Crippen LogP contribution in [0.2, 0.25) is 0 Å². The van der Waals surface area contributed by atoms with E-state index in [0.29, 0.717) is 16.6 Å². The number of hydrogen-bond acceptors (Lipinski definition) is 2. The van der Waals surface area contributed by atoms with Crippen molar-refractivity contribution in [2.24, 2.45) is 0 Å². The molecule has 21 heavy (non-hydrogen) atoms. The highest BCUT2D eigenvalue weighted by molar-refractivity contribution is 9.10. The number of amides is 1. The summed E-state index contributed by atoms with van der Waals surface area (Å²) >= 11 is 3.13. The highest BCUT2D eigenvalue weighted by Gasteiger charge is 2.36. The minimum absolute atomic E-state index is 0.119. The molecule has 1 aromatic rings. The van der Waals surface area contributed by atoms with E-state index < -0.39 is 5.82 Å². The lowest BCUT2D eigenvalue weighted by atomic mass is 9.82. The highest BCUT2D eigenvalue weighted by atomic mass is 79.9. The molecule has 2 unspecified atom stereocenters. The molecule has 2 aliphatic rings. The summed E-state index contributed by atoms with van der Waals surface area (Å²) in [6.07, 6.45) is 5.61. The molecule has 0 radical (unpaired) electrons. The van der Waals surface area contributed by atoms with Crippen molar-refractivity contribution < 1.29 is 9.18 Å². The van der Waals surface area contributed by atoms with Crippen molar-refractivity contribution in [2.75, 3.05) is 7.05 Å². The van der Waals surface area contributed by atoms with E-state index in [1.165, 1.54) is 25.3 Å². The molecule has 2 atom stereocenters. The van der Waals surface area contributed by atoms with Crippen LogP contribution < -0.4 is 5.32 Å². The SMILES string of the molecule is CN1C2CCCC1CC(NC(=O)c1cccc(Br)c1F)C2. The molecular weight excluding hydrogens is 335 g/mol. The van der Waals surface area contributed by atoms with E-state index in [9.17, 15) is 9.18 Å². The summed E-state index contributed by atoms with van der Waals surface area (Å²) < 4.78 is 14.3. The molecule has 3 rings (SSSR count). The van der Waals surface area contributed by atoms with Gasteiger partial charge in [-0.25, -0.2) is 4.39 Å². The molecule has 0 saturated carbocycles. The van der Waals surface area contributed by atoms with Crippen LogP contribution >= 0.6 is 15.9 Å². The predicted molar refractivity (Wildman–Crippen MR) is 83.8 cm³/mol. The van der Waals surface area contributed by atoms with Gasteiger partial charge in [-0.2, -0.15) is 0 Å². The van der Waals surface area contributed by atoms with Gasteiger partial charge in [0.15, 0.2) is 0 Å². The lowest BCUT2D eigenvalue weighted by molar-refractivity contribution is 0.0462. The normalized spacial score (nSPS) is 29.2. The fourth-order valence-electron chi connectivity index (χ4n) is 3.68. The first kappa shape index (κ1) is 15.0. The summed E-state index contributed by atoms with van der Waals surface area (Å²) in [6.45, 7) is 0. The van der Waals surface area contributed by atoms with Crippen molar-refractivity contribution >= 4 is 21.8 Å². The number of benzene rings is 1. The molecule has 5 heteroatoms. The molecule has 0 aliphatic carbocycles. The van der Waals surface area contributed by atoms with E-state index in [0.717, 1.165) is 12.8 Å². The molecule has 114 valence electrons. The smallest absolute Gasteiger partial charge is 0.254 e. The lowest BCUT2D eigenvalue weighted by Gasteiger charge is -2.47. The first-order valence-corrected chi connectivity index (χ1v) is 8.32. The van der Waals surface area contributed by atoms with E-state index in [1.54, 1.807) is 12.1 Å².